The molecule has 2 aliphatic rings. The molecule has 0 aliphatic carbocycles. The van der Waals surface area contributed by atoms with E-state index in [2.05, 4.69) is 22.2 Å². The minimum absolute atomic E-state index is 0.0174. The molecule has 8 nitrogen and oxygen atoms in total. The van der Waals surface area contributed by atoms with Crippen LogP contribution in [0, 0.1) is 5.92 Å². The summed E-state index contributed by atoms with van der Waals surface area (Å²) in [5.74, 6) is -0.959. The second-order valence-corrected chi connectivity index (χ2v) is 9.88. The topological polar surface area (TPSA) is 94.6 Å². The number of hydrogen-bond donors (Lipinski definition) is 2. The van der Waals surface area contributed by atoms with Crippen molar-refractivity contribution in [1.82, 2.24) is 25.4 Å². The number of nitrogens with one attached hydrogen (secondary N) is 2. The van der Waals surface area contributed by atoms with Crippen LogP contribution in [0.5, 0.6) is 0 Å². The average molecular weight is 542 g/mol. The number of urea groups is 1. The molecule has 2 N–H and O–H groups in total. The van der Waals surface area contributed by atoms with Gasteiger partial charge in [-0.15, -0.1) is 6.58 Å². The first-order valence-electron chi connectivity index (χ1n) is 12.6. The Morgan fingerprint density at radius 1 is 1.21 bits per heavy atom. The molecule has 4 amide bonds. The van der Waals surface area contributed by atoms with Gasteiger partial charge in [0.1, 0.15) is 6.04 Å². The molecule has 0 saturated heterocycles. The molecular weight excluding hydrogens is 511 g/mol. The minimum atomic E-state index is -4.70. The highest BCUT2D eigenvalue weighted by molar-refractivity contribution is 6.03. The van der Waals surface area contributed by atoms with Crippen LogP contribution in [0.4, 0.5) is 18.0 Å². The van der Waals surface area contributed by atoms with E-state index in [1.165, 1.54) is 34.1 Å². The van der Waals surface area contributed by atoms with E-state index in [0.29, 0.717) is 6.42 Å². The Balaban J connectivity index is 1.71. The molecule has 3 heterocycles. The molecule has 4 rings (SSSR count). The van der Waals surface area contributed by atoms with Crippen LogP contribution in [0.15, 0.2) is 72.7 Å². The van der Waals surface area contributed by atoms with Gasteiger partial charge in [-0.25, -0.2) is 4.79 Å². The lowest BCUT2D eigenvalue weighted by Crippen LogP contribution is -2.49. The second kappa shape index (κ2) is 11.3. The van der Waals surface area contributed by atoms with Gasteiger partial charge in [-0.2, -0.15) is 13.2 Å². The lowest BCUT2D eigenvalue weighted by Gasteiger charge is -2.33. The van der Waals surface area contributed by atoms with Crippen LogP contribution < -0.4 is 10.6 Å². The Hall–Kier alpha value is -4.15. The van der Waals surface area contributed by atoms with Crippen LogP contribution in [0.25, 0.3) is 0 Å². The predicted octanol–water partition coefficient (Wildman–Crippen LogP) is 4.18. The van der Waals surface area contributed by atoms with Gasteiger partial charge < -0.3 is 15.5 Å². The number of pyridine rings is 1. The Morgan fingerprint density at radius 3 is 2.54 bits per heavy atom. The van der Waals surface area contributed by atoms with Gasteiger partial charge in [-0.1, -0.05) is 38.1 Å². The molecule has 39 heavy (non-hydrogen) atoms. The van der Waals surface area contributed by atoms with Crippen LogP contribution in [0.3, 0.4) is 0 Å². The molecule has 2 aromatic rings. The summed E-state index contributed by atoms with van der Waals surface area (Å²) in [6.45, 7) is 7.65. The molecule has 0 bridgehead atoms. The summed E-state index contributed by atoms with van der Waals surface area (Å²) in [5, 5.41) is 5.45. The van der Waals surface area contributed by atoms with Crippen LogP contribution in [0.1, 0.15) is 43.0 Å². The highest BCUT2D eigenvalue weighted by atomic mass is 19.4. The Kier molecular flexibility index (Phi) is 8.08. The number of halogens is 3. The van der Waals surface area contributed by atoms with Crippen LogP contribution in [-0.2, 0) is 22.3 Å². The summed E-state index contributed by atoms with van der Waals surface area (Å²) in [6.07, 6.45) is 0.294. The fraction of sp³-hybridized carbons (Fsp3) is 0.357. The van der Waals surface area contributed by atoms with E-state index >= 15 is 0 Å². The van der Waals surface area contributed by atoms with Gasteiger partial charge in [0.15, 0.2) is 0 Å². The quantitative estimate of drug-likeness (QED) is 0.466. The number of carbonyl (C=O) groups excluding carboxylic acids is 3. The van der Waals surface area contributed by atoms with Crippen molar-refractivity contribution in [2.24, 2.45) is 5.92 Å². The standard InChI is InChI=1S/C28H30F3N5O3/c1-4-13-35-22-16-36(21(14-17(2)3)25(37)33-15-18-9-11-32-12-10-18)26(38)23(22)24(34-27(35)39)19-7-5-6-8-20(19)28(29,30)31/h4-12,17,21,24H,1,13-16H2,2-3H3,(H,33,37)(H,34,39)/t21-,24+/m0/s1. The normalized spacial score (nSPS) is 18.3. The summed E-state index contributed by atoms with van der Waals surface area (Å²) in [4.78, 5) is 47.0. The minimum Gasteiger partial charge on any atom is -0.350 e. The van der Waals surface area contributed by atoms with Crippen LogP contribution in [0.2, 0.25) is 0 Å². The molecule has 206 valence electrons. The third-order valence-electron chi connectivity index (χ3n) is 6.73. The zero-order chi connectivity index (χ0) is 28.3. The second-order valence-electron chi connectivity index (χ2n) is 9.88. The molecule has 0 radical (unpaired) electrons. The fourth-order valence-electron chi connectivity index (χ4n) is 4.96. The van der Waals surface area contributed by atoms with Gasteiger partial charge in [0, 0.05) is 25.5 Å². The van der Waals surface area contributed by atoms with Crippen molar-refractivity contribution in [2.45, 2.75) is 45.1 Å². The predicted molar refractivity (Wildman–Crippen MR) is 138 cm³/mol. The molecule has 1 aromatic heterocycles. The molecule has 0 saturated carbocycles. The number of hydrogen-bond acceptors (Lipinski definition) is 4. The zero-order valence-corrected chi connectivity index (χ0v) is 21.7. The highest BCUT2D eigenvalue weighted by Gasteiger charge is 2.48. The number of amides is 4. The summed E-state index contributed by atoms with van der Waals surface area (Å²) < 4.78 is 41.7. The SMILES string of the molecule is C=CCN1C(=O)N[C@H](c2ccccc2C(F)(F)F)C2=C1CN([C@@H](CC(C)C)C(=O)NCc1ccncc1)C2=O. The number of carbonyl (C=O) groups is 3. The van der Waals surface area contributed by atoms with E-state index in [1.807, 2.05) is 13.8 Å². The average Bonchev–Trinajstić information content (AvgIpc) is 3.24. The van der Waals surface area contributed by atoms with E-state index in [0.717, 1.165) is 11.6 Å². The monoisotopic (exact) mass is 541 g/mol. The van der Waals surface area contributed by atoms with Crippen molar-refractivity contribution in [3.63, 3.8) is 0 Å². The van der Waals surface area contributed by atoms with Gasteiger partial charge in [0.05, 0.1) is 29.4 Å². The Bertz CT molecular complexity index is 1290. The number of alkyl halides is 3. The van der Waals surface area contributed by atoms with Gasteiger partial charge in [0.25, 0.3) is 5.91 Å². The van der Waals surface area contributed by atoms with E-state index in [-0.39, 0.29) is 42.4 Å². The lowest BCUT2D eigenvalue weighted by atomic mass is 9.91. The third kappa shape index (κ3) is 5.81. The molecular formula is C28H30F3N5O3. The highest BCUT2D eigenvalue weighted by Crippen LogP contribution is 2.42. The zero-order valence-electron chi connectivity index (χ0n) is 21.7. The molecule has 0 fully saturated rings. The van der Waals surface area contributed by atoms with Crippen LogP contribution in [-0.4, -0.2) is 51.8 Å². The Labute approximate surface area is 224 Å². The van der Waals surface area contributed by atoms with Crippen molar-refractivity contribution < 1.29 is 27.6 Å². The first-order chi connectivity index (χ1) is 18.5. The van der Waals surface area contributed by atoms with Crippen molar-refractivity contribution in [3.8, 4) is 0 Å². The third-order valence-corrected chi connectivity index (χ3v) is 6.73. The molecule has 2 aliphatic heterocycles. The van der Waals surface area contributed by atoms with E-state index in [4.69, 9.17) is 0 Å². The lowest BCUT2D eigenvalue weighted by molar-refractivity contribution is -0.139. The summed E-state index contributed by atoms with van der Waals surface area (Å²) in [7, 11) is 0. The van der Waals surface area contributed by atoms with Gasteiger partial charge in [0.2, 0.25) is 5.91 Å². The van der Waals surface area contributed by atoms with Gasteiger partial charge in [-0.3, -0.25) is 19.5 Å². The molecule has 11 heteroatoms. The molecule has 2 atom stereocenters. The number of nitrogens with zero attached hydrogens (tertiary/aromatic N) is 3. The number of rotatable bonds is 9. The first-order valence-corrected chi connectivity index (χ1v) is 12.6. The Morgan fingerprint density at radius 2 is 1.90 bits per heavy atom. The van der Waals surface area contributed by atoms with Crippen LogP contribution >= 0.6 is 0 Å². The van der Waals surface area contributed by atoms with E-state index < -0.39 is 41.7 Å². The number of aromatic nitrogens is 1. The van der Waals surface area contributed by atoms with Crippen molar-refractivity contribution >= 4 is 17.8 Å². The summed E-state index contributed by atoms with van der Waals surface area (Å²) in [6, 6.07) is 5.50. The molecule has 0 unspecified atom stereocenters. The van der Waals surface area contributed by atoms with Gasteiger partial charge in [-0.05, 0) is 41.7 Å². The maximum absolute atomic E-state index is 13.9. The van der Waals surface area contributed by atoms with E-state index in [9.17, 15) is 27.6 Å². The first kappa shape index (κ1) is 27.9. The maximum Gasteiger partial charge on any atom is 0.416 e. The fourth-order valence-corrected chi connectivity index (χ4v) is 4.96. The largest absolute Gasteiger partial charge is 0.416 e. The van der Waals surface area contributed by atoms with Crippen molar-refractivity contribution in [1.29, 1.82) is 0 Å². The van der Waals surface area contributed by atoms with Gasteiger partial charge >= 0.3 is 12.2 Å². The summed E-state index contributed by atoms with van der Waals surface area (Å²) >= 11 is 0. The van der Waals surface area contributed by atoms with E-state index in [1.54, 1.807) is 24.5 Å². The van der Waals surface area contributed by atoms with Crippen molar-refractivity contribution in [3.05, 3.63) is 89.4 Å². The molecule has 1 aromatic carbocycles. The summed E-state index contributed by atoms with van der Waals surface area (Å²) in [5.41, 5.74) is -0.0750. The maximum atomic E-state index is 13.9. The van der Waals surface area contributed by atoms with Crippen molar-refractivity contribution in [2.75, 3.05) is 13.1 Å². The number of benzene rings is 1. The molecule has 0 spiro atoms. The smallest absolute Gasteiger partial charge is 0.350 e.